The van der Waals surface area contributed by atoms with Crippen molar-refractivity contribution in [3.63, 3.8) is 0 Å². The quantitative estimate of drug-likeness (QED) is 0.887. The molecule has 2 aromatic rings. The lowest BCUT2D eigenvalue weighted by atomic mass is 9.94. The molecule has 0 fully saturated rings. The smallest absolute Gasteiger partial charge is 0.310 e. The van der Waals surface area contributed by atoms with Gasteiger partial charge in [0.1, 0.15) is 0 Å². The first kappa shape index (κ1) is 15.0. The average Bonchev–Trinajstić information content (AvgIpc) is 2.76. The van der Waals surface area contributed by atoms with Gasteiger partial charge in [-0.2, -0.15) is 0 Å². The van der Waals surface area contributed by atoms with Crippen molar-refractivity contribution in [2.75, 3.05) is 6.54 Å². The van der Waals surface area contributed by atoms with E-state index in [1.165, 1.54) is 0 Å². The molecule has 2 heterocycles. The van der Waals surface area contributed by atoms with E-state index in [0.717, 1.165) is 0 Å². The zero-order valence-electron chi connectivity index (χ0n) is 12.4. The molecule has 21 heavy (non-hydrogen) atoms. The summed E-state index contributed by atoms with van der Waals surface area (Å²) in [5.41, 5.74) is 0.842. The van der Waals surface area contributed by atoms with Crippen molar-refractivity contribution in [1.29, 1.82) is 0 Å². The molecule has 0 unspecified atom stereocenters. The number of fused-ring (bicyclic) bond motifs is 1. The third-order valence-corrected chi connectivity index (χ3v) is 3.26. The van der Waals surface area contributed by atoms with E-state index in [2.05, 4.69) is 15.5 Å². The molecular weight excluding hydrogens is 274 g/mol. The maximum absolute atomic E-state index is 12.3. The van der Waals surface area contributed by atoms with Gasteiger partial charge in [0.2, 0.25) is 0 Å². The molecular formula is C14H17N3O4. The molecule has 1 amide bonds. The van der Waals surface area contributed by atoms with E-state index in [-0.39, 0.29) is 12.5 Å². The molecule has 0 radical (unpaired) electrons. The van der Waals surface area contributed by atoms with Crippen molar-refractivity contribution in [2.24, 2.45) is 5.41 Å². The molecule has 0 aliphatic rings. The van der Waals surface area contributed by atoms with Gasteiger partial charge in [-0.3, -0.25) is 9.59 Å². The van der Waals surface area contributed by atoms with Gasteiger partial charge in [-0.15, -0.1) is 0 Å². The number of carbonyl (C=O) groups excluding carboxylic acids is 1. The number of carbonyl (C=O) groups is 2. The van der Waals surface area contributed by atoms with Crippen molar-refractivity contribution in [3.05, 3.63) is 23.0 Å². The minimum absolute atomic E-state index is 0.0222. The highest BCUT2D eigenvalue weighted by Gasteiger charge is 2.28. The van der Waals surface area contributed by atoms with Gasteiger partial charge in [-0.1, -0.05) is 5.16 Å². The van der Waals surface area contributed by atoms with E-state index in [0.29, 0.717) is 28.1 Å². The van der Waals surface area contributed by atoms with Crippen molar-refractivity contribution in [3.8, 4) is 0 Å². The van der Waals surface area contributed by atoms with Crippen LogP contribution >= 0.6 is 0 Å². The highest BCUT2D eigenvalue weighted by Crippen LogP contribution is 2.22. The fourth-order valence-electron chi connectivity index (χ4n) is 1.87. The third-order valence-electron chi connectivity index (χ3n) is 3.26. The summed E-state index contributed by atoms with van der Waals surface area (Å²) in [6.07, 6.45) is 0. The Labute approximate surface area is 121 Å². The van der Waals surface area contributed by atoms with Gasteiger partial charge in [-0.25, -0.2) is 4.98 Å². The third kappa shape index (κ3) is 2.86. The Morgan fingerprint density at radius 1 is 1.38 bits per heavy atom. The monoisotopic (exact) mass is 291 g/mol. The van der Waals surface area contributed by atoms with Gasteiger partial charge in [0, 0.05) is 12.2 Å². The van der Waals surface area contributed by atoms with Crippen LogP contribution in [0.4, 0.5) is 0 Å². The number of hydrogen-bond donors (Lipinski definition) is 2. The van der Waals surface area contributed by atoms with Gasteiger partial charge >= 0.3 is 5.97 Å². The lowest BCUT2D eigenvalue weighted by molar-refractivity contribution is -0.146. The van der Waals surface area contributed by atoms with Crippen LogP contribution in [0.25, 0.3) is 11.1 Å². The van der Waals surface area contributed by atoms with Crippen molar-refractivity contribution < 1.29 is 19.2 Å². The lowest BCUT2D eigenvalue weighted by Crippen LogP contribution is -2.39. The first-order chi connectivity index (χ1) is 9.72. The zero-order valence-corrected chi connectivity index (χ0v) is 12.4. The predicted octanol–water partition coefficient (Wildman–Crippen LogP) is 1.68. The summed E-state index contributed by atoms with van der Waals surface area (Å²) in [6.45, 7) is 6.59. The van der Waals surface area contributed by atoms with E-state index in [9.17, 15) is 9.59 Å². The molecule has 0 aromatic carbocycles. The van der Waals surface area contributed by atoms with Crippen molar-refractivity contribution in [1.82, 2.24) is 15.5 Å². The van der Waals surface area contributed by atoms with Crippen molar-refractivity contribution >= 4 is 23.0 Å². The van der Waals surface area contributed by atoms with Crippen LogP contribution in [0.2, 0.25) is 0 Å². The van der Waals surface area contributed by atoms with E-state index >= 15 is 0 Å². The Morgan fingerprint density at radius 3 is 2.67 bits per heavy atom. The van der Waals surface area contributed by atoms with E-state index < -0.39 is 11.4 Å². The van der Waals surface area contributed by atoms with Gasteiger partial charge in [0.25, 0.3) is 11.6 Å². The first-order valence-electron chi connectivity index (χ1n) is 6.47. The Hall–Kier alpha value is -2.44. The maximum atomic E-state index is 12.3. The van der Waals surface area contributed by atoms with Crippen LogP contribution in [-0.2, 0) is 4.79 Å². The predicted molar refractivity (Wildman–Crippen MR) is 75.0 cm³/mol. The number of carboxylic acid groups (broad SMARTS) is 1. The summed E-state index contributed by atoms with van der Waals surface area (Å²) in [6, 6.07) is 1.63. The normalized spacial score (nSPS) is 11.6. The van der Waals surface area contributed by atoms with E-state index in [1.807, 2.05) is 0 Å². The number of carboxylic acids is 1. The Morgan fingerprint density at radius 2 is 2.05 bits per heavy atom. The van der Waals surface area contributed by atoms with Crippen LogP contribution in [0.1, 0.15) is 35.6 Å². The second kappa shape index (κ2) is 5.16. The Balaban J connectivity index is 2.32. The van der Waals surface area contributed by atoms with Crippen LogP contribution in [0.3, 0.4) is 0 Å². The molecule has 112 valence electrons. The largest absolute Gasteiger partial charge is 0.481 e. The van der Waals surface area contributed by atoms with Gasteiger partial charge in [-0.05, 0) is 33.8 Å². The average molecular weight is 291 g/mol. The van der Waals surface area contributed by atoms with Crippen molar-refractivity contribution in [2.45, 2.75) is 27.7 Å². The number of aliphatic carboxylic acids is 1. The second-order valence-corrected chi connectivity index (χ2v) is 5.63. The first-order valence-corrected chi connectivity index (χ1v) is 6.47. The van der Waals surface area contributed by atoms with E-state index in [4.69, 9.17) is 9.63 Å². The number of nitrogens with zero attached hydrogens (tertiary/aromatic N) is 2. The number of nitrogens with one attached hydrogen (secondary N) is 1. The van der Waals surface area contributed by atoms with Crippen LogP contribution in [0, 0.1) is 19.3 Å². The van der Waals surface area contributed by atoms with Crippen LogP contribution < -0.4 is 5.32 Å². The molecule has 7 nitrogen and oxygen atoms in total. The number of aryl methyl sites for hydroxylation is 2. The molecule has 0 bridgehead atoms. The summed E-state index contributed by atoms with van der Waals surface area (Å²) in [4.78, 5) is 27.6. The number of pyridine rings is 1. The van der Waals surface area contributed by atoms with Crippen LogP contribution in [0.5, 0.6) is 0 Å². The SMILES string of the molecule is Cc1cc(C(=O)NCC(C)(C)C(=O)O)c2c(C)noc2n1. The maximum Gasteiger partial charge on any atom is 0.310 e. The molecule has 0 atom stereocenters. The van der Waals surface area contributed by atoms with Gasteiger partial charge in [0.05, 0.1) is 22.1 Å². The molecule has 2 N–H and O–H groups in total. The highest BCUT2D eigenvalue weighted by molar-refractivity contribution is 6.06. The number of amides is 1. The standard InChI is InChI=1S/C14H17N3O4/c1-7-5-9(10-8(2)17-21-12(10)16-7)11(18)15-6-14(3,4)13(19)20/h5H,6H2,1-4H3,(H,15,18)(H,19,20). The fraction of sp³-hybridized carbons (Fsp3) is 0.429. The number of rotatable bonds is 4. The Bertz CT molecular complexity index is 718. The van der Waals surface area contributed by atoms with Gasteiger partial charge < -0.3 is 14.9 Å². The van der Waals surface area contributed by atoms with Gasteiger partial charge in [0.15, 0.2) is 0 Å². The van der Waals surface area contributed by atoms with E-state index in [1.54, 1.807) is 33.8 Å². The molecule has 7 heteroatoms. The molecule has 0 spiro atoms. The highest BCUT2D eigenvalue weighted by atomic mass is 16.5. The zero-order chi connectivity index (χ0) is 15.8. The fourth-order valence-corrected chi connectivity index (χ4v) is 1.87. The number of hydrogen-bond acceptors (Lipinski definition) is 5. The number of aromatic nitrogens is 2. The lowest BCUT2D eigenvalue weighted by Gasteiger charge is -2.19. The van der Waals surface area contributed by atoms with Crippen LogP contribution in [0.15, 0.2) is 10.6 Å². The second-order valence-electron chi connectivity index (χ2n) is 5.63. The molecule has 2 rings (SSSR count). The Kier molecular flexibility index (Phi) is 3.67. The molecule has 0 aliphatic heterocycles. The molecule has 0 saturated carbocycles. The summed E-state index contributed by atoms with van der Waals surface area (Å²) in [5, 5.41) is 16.1. The topological polar surface area (TPSA) is 105 Å². The summed E-state index contributed by atoms with van der Waals surface area (Å²) in [5.74, 6) is -1.34. The summed E-state index contributed by atoms with van der Waals surface area (Å²) in [7, 11) is 0. The molecule has 0 aliphatic carbocycles. The molecule has 2 aromatic heterocycles. The molecule has 0 saturated heterocycles. The summed E-state index contributed by atoms with van der Waals surface area (Å²) < 4.78 is 5.07. The minimum atomic E-state index is -1.04. The van der Waals surface area contributed by atoms with Crippen LogP contribution in [-0.4, -0.2) is 33.7 Å². The summed E-state index contributed by atoms with van der Waals surface area (Å²) >= 11 is 0. The minimum Gasteiger partial charge on any atom is -0.481 e.